The van der Waals surface area contributed by atoms with Crippen LogP contribution in [0.4, 0.5) is 0 Å². The molecule has 1 heterocycles. The maximum Gasteiger partial charge on any atom is 0.0686 e. The molecule has 3 aliphatic rings. The normalized spacial score (nSPS) is 34.2. The fourth-order valence-electron chi connectivity index (χ4n) is 4.20. The van der Waals surface area contributed by atoms with Gasteiger partial charge in [0.2, 0.25) is 0 Å². The van der Waals surface area contributed by atoms with Crippen molar-refractivity contribution in [1.29, 1.82) is 0 Å². The van der Waals surface area contributed by atoms with E-state index < -0.39 is 0 Å². The van der Waals surface area contributed by atoms with E-state index in [-0.39, 0.29) is 11.7 Å². The first-order chi connectivity index (χ1) is 8.77. The number of aliphatic hydroxyl groups excluding tert-OH is 1. The quantitative estimate of drug-likeness (QED) is 0.830. The smallest absolute Gasteiger partial charge is 0.0686 e. The van der Waals surface area contributed by atoms with Gasteiger partial charge in [0.25, 0.3) is 0 Å². The largest absolute Gasteiger partial charge is 0.393 e. The van der Waals surface area contributed by atoms with Crippen molar-refractivity contribution in [3.05, 3.63) is 0 Å². The van der Waals surface area contributed by atoms with E-state index in [9.17, 15) is 5.11 Å². The molecule has 1 aliphatic heterocycles. The van der Waals surface area contributed by atoms with E-state index >= 15 is 0 Å². The first-order valence-electron chi connectivity index (χ1n) is 8.09. The predicted molar refractivity (Wildman–Crippen MR) is 72.5 cm³/mol. The number of hydrogen-bond donors (Lipinski definition) is 1. The average molecular weight is 252 g/mol. The Hall–Kier alpha value is -0.0800. The van der Waals surface area contributed by atoms with E-state index in [2.05, 4.69) is 0 Å². The van der Waals surface area contributed by atoms with Crippen LogP contribution >= 0.6 is 0 Å². The molecule has 3 fully saturated rings. The van der Waals surface area contributed by atoms with Crippen molar-refractivity contribution >= 4 is 0 Å². The molecular weight excluding hydrogens is 224 g/mol. The van der Waals surface area contributed by atoms with Gasteiger partial charge >= 0.3 is 0 Å². The standard InChI is InChI=1S/C16H28O2/c17-15(11-13-5-4-6-13)14-7-10-18-16(12-14)8-2-1-3-9-16/h13-15,17H,1-12H2. The molecule has 2 heteroatoms. The highest BCUT2D eigenvalue weighted by atomic mass is 16.5. The fraction of sp³-hybridized carbons (Fsp3) is 1.00. The molecule has 0 radical (unpaired) electrons. The second-order valence-electron chi connectivity index (χ2n) is 6.94. The van der Waals surface area contributed by atoms with Crippen LogP contribution in [-0.4, -0.2) is 23.4 Å². The third kappa shape index (κ3) is 2.75. The fourth-order valence-corrected chi connectivity index (χ4v) is 4.20. The van der Waals surface area contributed by atoms with Crippen LogP contribution < -0.4 is 0 Å². The maximum absolute atomic E-state index is 10.5. The van der Waals surface area contributed by atoms with Crippen LogP contribution in [0.3, 0.4) is 0 Å². The van der Waals surface area contributed by atoms with Crippen LogP contribution in [-0.2, 0) is 4.74 Å². The van der Waals surface area contributed by atoms with Crippen LogP contribution in [0.15, 0.2) is 0 Å². The van der Waals surface area contributed by atoms with Crippen molar-refractivity contribution in [2.75, 3.05) is 6.61 Å². The lowest BCUT2D eigenvalue weighted by Crippen LogP contribution is -2.44. The number of aliphatic hydroxyl groups is 1. The van der Waals surface area contributed by atoms with Crippen molar-refractivity contribution in [3.8, 4) is 0 Å². The van der Waals surface area contributed by atoms with Gasteiger partial charge in [0, 0.05) is 6.61 Å². The van der Waals surface area contributed by atoms with Gasteiger partial charge in [0.1, 0.15) is 0 Å². The van der Waals surface area contributed by atoms with E-state index in [1.165, 1.54) is 51.4 Å². The molecule has 2 aliphatic carbocycles. The number of rotatable bonds is 3. The highest BCUT2D eigenvalue weighted by Gasteiger charge is 2.40. The van der Waals surface area contributed by atoms with Gasteiger partial charge in [-0.1, -0.05) is 38.5 Å². The molecule has 2 unspecified atom stereocenters. The second kappa shape index (κ2) is 5.50. The molecule has 2 nitrogen and oxygen atoms in total. The van der Waals surface area contributed by atoms with Crippen LogP contribution in [0, 0.1) is 11.8 Å². The van der Waals surface area contributed by atoms with Crippen molar-refractivity contribution in [2.24, 2.45) is 11.8 Å². The van der Waals surface area contributed by atoms with Gasteiger partial charge < -0.3 is 9.84 Å². The van der Waals surface area contributed by atoms with Gasteiger partial charge in [0.05, 0.1) is 11.7 Å². The monoisotopic (exact) mass is 252 g/mol. The SMILES string of the molecule is OC(CC1CCC1)C1CCOC2(CCCCC2)C1. The lowest BCUT2D eigenvalue weighted by molar-refractivity contribution is -0.135. The van der Waals surface area contributed by atoms with Crippen molar-refractivity contribution in [2.45, 2.75) is 82.3 Å². The molecule has 0 aromatic rings. The predicted octanol–water partition coefficient (Wildman–Crippen LogP) is 3.67. The summed E-state index contributed by atoms with van der Waals surface area (Å²) in [5, 5.41) is 10.5. The zero-order chi connectivity index (χ0) is 12.4. The number of ether oxygens (including phenoxy) is 1. The lowest BCUT2D eigenvalue weighted by atomic mass is 9.72. The van der Waals surface area contributed by atoms with Gasteiger partial charge in [-0.2, -0.15) is 0 Å². The summed E-state index contributed by atoms with van der Waals surface area (Å²) in [6.07, 6.45) is 13.8. The van der Waals surface area contributed by atoms with Gasteiger partial charge in [-0.05, 0) is 43.9 Å². The van der Waals surface area contributed by atoms with Gasteiger partial charge in [0.15, 0.2) is 0 Å². The topological polar surface area (TPSA) is 29.5 Å². The van der Waals surface area contributed by atoms with Crippen molar-refractivity contribution in [1.82, 2.24) is 0 Å². The van der Waals surface area contributed by atoms with Crippen LogP contribution in [0.1, 0.15) is 70.6 Å². The van der Waals surface area contributed by atoms with E-state index in [0.717, 1.165) is 31.8 Å². The minimum Gasteiger partial charge on any atom is -0.393 e. The van der Waals surface area contributed by atoms with Gasteiger partial charge in [-0.25, -0.2) is 0 Å². The number of hydrogen-bond acceptors (Lipinski definition) is 2. The Bertz CT molecular complexity index is 261. The van der Waals surface area contributed by atoms with E-state index in [0.29, 0.717) is 5.92 Å². The molecule has 1 N–H and O–H groups in total. The molecule has 3 rings (SSSR count). The average Bonchev–Trinajstić information content (AvgIpc) is 2.34. The van der Waals surface area contributed by atoms with Crippen molar-refractivity contribution < 1.29 is 9.84 Å². The molecule has 18 heavy (non-hydrogen) atoms. The summed E-state index contributed by atoms with van der Waals surface area (Å²) < 4.78 is 6.12. The Morgan fingerprint density at radius 3 is 2.50 bits per heavy atom. The van der Waals surface area contributed by atoms with E-state index in [1.807, 2.05) is 0 Å². The first kappa shape index (κ1) is 12.9. The zero-order valence-corrected chi connectivity index (χ0v) is 11.6. The molecule has 2 saturated carbocycles. The summed E-state index contributed by atoms with van der Waals surface area (Å²) in [4.78, 5) is 0. The molecule has 0 amide bonds. The molecule has 0 bridgehead atoms. The highest BCUT2D eigenvalue weighted by molar-refractivity contribution is 4.92. The summed E-state index contributed by atoms with van der Waals surface area (Å²) in [7, 11) is 0. The van der Waals surface area contributed by atoms with Crippen LogP contribution in [0.5, 0.6) is 0 Å². The molecule has 104 valence electrons. The summed E-state index contributed by atoms with van der Waals surface area (Å²) in [5.74, 6) is 1.34. The summed E-state index contributed by atoms with van der Waals surface area (Å²) in [6.45, 7) is 0.881. The Kier molecular flexibility index (Phi) is 3.95. The van der Waals surface area contributed by atoms with Crippen LogP contribution in [0.25, 0.3) is 0 Å². The van der Waals surface area contributed by atoms with E-state index in [1.54, 1.807) is 0 Å². The minimum absolute atomic E-state index is 0.0574. The van der Waals surface area contributed by atoms with Gasteiger partial charge in [-0.3, -0.25) is 0 Å². The molecule has 0 aromatic heterocycles. The zero-order valence-electron chi connectivity index (χ0n) is 11.6. The molecule has 0 aromatic carbocycles. The van der Waals surface area contributed by atoms with Crippen LogP contribution in [0.2, 0.25) is 0 Å². The molecular formula is C16H28O2. The Morgan fingerprint density at radius 1 is 1.06 bits per heavy atom. The minimum atomic E-state index is -0.0574. The third-order valence-corrected chi connectivity index (χ3v) is 5.64. The Labute approximate surface area is 111 Å². The highest BCUT2D eigenvalue weighted by Crippen LogP contribution is 2.43. The van der Waals surface area contributed by atoms with Crippen molar-refractivity contribution in [3.63, 3.8) is 0 Å². The Morgan fingerprint density at radius 2 is 1.83 bits per heavy atom. The Balaban J connectivity index is 1.55. The maximum atomic E-state index is 10.5. The molecule has 2 atom stereocenters. The summed E-state index contributed by atoms with van der Waals surface area (Å²) in [6, 6.07) is 0. The summed E-state index contributed by atoms with van der Waals surface area (Å²) in [5.41, 5.74) is 0.155. The second-order valence-corrected chi connectivity index (χ2v) is 6.94. The molecule has 1 saturated heterocycles. The van der Waals surface area contributed by atoms with E-state index in [4.69, 9.17) is 4.74 Å². The third-order valence-electron chi connectivity index (χ3n) is 5.64. The van der Waals surface area contributed by atoms with Gasteiger partial charge in [-0.15, -0.1) is 0 Å². The summed E-state index contributed by atoms with van der Waals surface area (Å²) >= 11 is 0. The lowest BCUT2D eigenvalue weighted by Gasteiger charge is -2.45. The molecule has 1 spiro atoms. The first-order valence-corrected chi connectivity index (χ1v) is 8.09.